The Morgan fingerprint density at radius 2 is 2.18 bits per heavy atom. The highest BCUT2D eigenvalue weighted by Crippen LogP contribution is 2.37. The van der Waals surface area contributed by atoms with Crippen LogP contribution in [0.15, 0.2) is 12.2 Å². The minimum atomic E-state index is -0.600. The van der Waals surface area contributed by atoms with Gasteiger partial charge in [0.05, 0.1) is 12.5 Å². The lowest BCUT2D eigenvalue weighted by atomic mass is 10.1. The number of ether oxygens (including phenoxy) is 3. The van der Waals surface area contributed by atoms with Gasteiger partial charge in [-0.25, -0.2) is 0 Å². The Morgan fingerprint density at radius 1 is 1.41 bits per heavy atom. The van der Waals surface area contributed by atoms with Crippen molar-refractivity contribution >= 4 is 12.1 Å². The normalized spacial score (nSPS) is 35.1. The van der Waals surface area contributed by atoms with Gasteiger partial charge < -0.3 is 19.0 Å². The predicted molar refractivity (Wildman–Crippen MR) is 58.1 cm³/mol. The third kappa shape index (κ3) is 3.00. The molecule has 0 aromatic heterocycles. The van der Waals surface area contributed by atoms with Crippen molar-refractivity contribution in [3.8, 4) is 0 Å². The first kappa shape index (κ1) is 12.4. The Bertz CT molecular complexity index is 331. The predicted octanol–water partition coefficient (Wildman–Crippen LogP) is 0.967. The van der Waals surface area contributed by atoms with Crippen LogP contribution in [0.2, 0.25) is 0 Å². The minimum absolute atomic E-state index is 0.0826. The van der Waals surface area contributed by atoms with Gasteiger partial charge in [-0.1, -0.05) is 6.08 Å². The van der Waals surface area contributed by atoms with E-state index in [1.54, 1.807) is 6.08 Å². The van der Waals surface area contributed by atoms with Gasteiger partial charge in [0.15, 0.2) is 17.9 Å². The number of hydrogen-bond donors (Lipinski definition) is 0. The molecule has 0 spiro atoms. The van der Waals surface area contributed by atoms with E-state index in [2.05, 4.69) is 0 Å². The lowest BCUT2D eigenvalue weighted by Gasteiger charge is -2.19. The van der Waals surface area contributed by atoms with Crippen LogP contribution in [0.1, 0.15) is 26.7 Å². The lowest BCUT2D eigenvalue weighted by Crippen LogP contribution is -2.24. The number of ketones is 1. The van der Waals surface area contributed by atoms with Gasteiger partial charge in [-0.15, -0.1) is 0 Å². The number of fused-ring (bicyclic) bond motifs is 1. The molecule has 94 valence electrons. The fourth-order valence-corrected chi connectivity index (χ4v) is 2.02. The molecule has 0 saturated carbocycles. The molecule has 0 radical (unpaired) electrons. The van der Waals surface area contributed by atoms with Crippen molar-refractivity contribution in [3.63, 3.8) is 0 Å². The van der Waals surface area contributed by atoms with Crippen molar-refractivity contribution in [1.29, 1.82) is 0 Å². The summed E-state index contributed by atoms with van der Waals surface area (Å²) in [7, 11) is 0. The molecule has 0 aliphatic carbocycles. The molecule has 0 aromatic carbocycles. The molecule has 0 aromatic rings. The van der Waals surface area contributed by atoms with E-state index in [9.17, 15) is 9.59 Å². The number of rotatable bonds is 4. The SMILES string of the molecule is CC1(C)O[C@H]2O[C@H](/C=C/C(=O)CC=O)C[C@H]2O1. The fourth-order valence-electron chi connectivity index (χ4n) is 2.02. The smallest absolute Gasteiger partial charge is 0.187 e. The van der Waals surface area contributed by atoms with Gasteiger partial charge in [-0.05, 0) is 19.9 Å². The molecule has 2 heterocycles. The van der Waals surface area contributed by atoms with E-state index in [0.29, 0.717) is 12.7 Å². The second kappa shape index (κ2) is 4.68. The van der Waals surface area contributed by atoms with Gasteiger partial charge >= 0.3 is 0 Å². The molecule has 5 nitrogen and oxygen atoms in total. The third-order valence-electron chi connectivity index (χ3n) is 2.69. The first-order chi connectivity index (χ1) is 8.00. The summed E-state index contributed by atoms with van der Waals surface area (Å²) in [4.78, 5) is 21.2. The van der Waals surface area contributed by atoms with Crippen molar-refractivity contribution < 1.29 is 23.8 Å². The maximum absolute atomic E-state index is 11.1. The second-order valence-electron chi connectivity index (χ2n) is 4.65. The summed E-state index contributed by atoms with van der Waals surface area (Å²) in [5, 5.41) is 0. The lowest BCUT2D eigenvalue weighted by molar-refractivity contribution is -0.200. The third-order valence-corrected chi connectivity index (χ3v) is 2.69. The summed E-state index contributed by atoms with van der Waals surface area (Å²) in [6.07, 6.45) is 3.58. The summed E-state index contributed by atoms with van der Waals surface area (Å²) in [6.45, 7) is 3.68. The Hall–Kier alpha value is -1.04. The van der Waals surface area contributed by atoms with Gasteiger partial charge in [0.1, 0.15) is 12.4 Å². The Labute approximate surface area is 99.7 Å². The molecule has 17 heavy (non-hydrogen) atoms. The molecule has 0 bridgehead atoms. The molecule has 2 fully saturated rings. The molecule has 0 unspecified atom stereocenters. The zero-order chi connectivity index (χ0) is 12.5. The summed E-state index contributed by atoms with van der Waals surface area (Å²) in [5.74, 6) is -0.819. The van der Waals surface area contributed by atoms with Crippen LogP contribution in [0.4, 0.5) is 0 Å². The van der Waals surface area contributed by atoms with E-state index in [0.717, 1.165) is 0 Å². The van der Waals surface area contributed by atoms with Crippen LogP contribution < -0.4 is 0 Å². The van der Waals surface area contributed by atoms with E-state index in [1.807, 2.05) is 13.8 Å². The van der Waals surface area contributed by atoms with Gasteiger partial charge in [0.25, 0.3) is 0 Å². The van der Waals surface area contributed by atoms with E-state index < -0.39 is 5.79 Å². The molecule has 2 aliphatic heterocycles. The molecule has 3 atom stereocenters. The molecule has 2 aliphatic rings. The van der Waals surface area contributed by atoms with Crippen LogP contribution >= 0.6 is 0 Å². The Kier molecular flexibility index (Phi) is 3.42. The Balaban J connectivity index is 1.85. The highest BCUT2D eigenvalue weighted by molar-refractivity contribution is 5.97. The molecule has 2 saturated heterocycles. The largest absolute Gasteiger partial charge is 0.342 e. The first-order valence-electron chi connectivity index (χ1n) is 5.66. The minimum Gasteiger partial charge on any atom is -0.342 e. The van der Waals surface area contributed by atoms with Crippen LogP contribution in [-0.2, 0) is 23.8 Å². The Morgan fingerprint density at radius 3 is 2.82 bits per heavy atom. The average molecular weight is 240 g/mol. The van der Waals surface area contributed by atoms with Crippen molar-refractivity contribution in [2.45, 2.75) is 51.0 Å². The average Bonchev–Trinajstić information content (AvgIpc) is 2.68. The molecular formula is C12H16O5. The van der Waals surface area contributed by atoms with Crippen molar-refractivity contribution in [3.05, 3.63) is 12.2 Å². The quantitative estimate of drug-likeness (QED) is 0.416. The van der Waals surface area contributed by atoms with Gasteiger partial charge in [0.2, 0.25) is 0 Å². The van der Waals surface area contributed by atoms with E-state index >= 15 is 0 Å². The van der Waals surface area contributed by atoms with Crippen LogP contribution in [0.5, 0.6) is 0 Å². The molecule has 0 amide bonds. The maximum atomic E-state index is 11.1. The fraction of sp³-hybridized carbons (Fsp3) is 0.667. The summed E-state index contributed by atoms with van der Waals surface area (Å²) in [5.41, 5.74) is 0. The van der Waals surface area contributed by atoms with Gasteiger partial charge in [-0.2, -0.15) is 0 Å². The van der Waals surface area contributed by atoms with Crippen molar-refractivity contribution in [2.24, 2.45) is 0 Å². The maximum Gasteiger partial charge on any atom is 0.187 e. The molecule has 2 rings (SSSR count). The van der Waals surface area contributed by atoms with E-state index in [-0.39, 0.29) is 30.7 Å². The topological polar surface area (TPSA) is 61.8 Å². The molecule has 5 heteroatoms. The highest BCUT2D eigenvalue weighted by Gasteiger charge is 2.47. The number of aldehydes is 1. The summed E-state index contributed by atoms with van der Waals surface area (Å²) >= 11 is 0. The van der Waals surface area contributed by atoms with E-state index in [1.165, 1.54) is 6.08 Å². The van der Waals surface area contributed by atoms with Crippen LogP contribution in [0, 0.1) is 0 Å². The van der Waals surface area contributed by atoms with Gasteiger partial charge in [-0.3, -0.25) is 4.79 Å². The molecular weight excluding hydrogens is 224 g/mol. The van der Waals surface area contributed by atoms with E-state index in [4.69, 9.17) is 14.2 Å². The number of carbonyl (C=O) groups is 2. The zero-order valence-electron chi connectivity index (χ0n) is 9.92. The van der Waals surface area contributed by atoms with Crippen LogP contribution in [-0.4, -0.2) is 36.4 Å². The van der Waals surface area contributed by atoms with Crippen molar-refractivity contribution in [2.75, 3.05) is 0 Å². The van der Waals surface area contributed by atoms with Gasteiger partial charge in [0, 0.05) is 6.42 Å². The highest BCUT2D eigenvalue weighted by atomic mass is 16.8. The number of hydrogen-bond acceptors (Lipinski definition) is 5. The monoisotopic (exact) mass is 240 g/mol. The summed E-state index contributed by atoms with van der Waals surface area (Å²) < 4.78 is 16.7. The van der Waals surface area contributed by atoms with Crippen LogP contribution in [0.25, 0.3) is 0 Å². The van der Waals surface area contributed by atoms with Crippen LogP contribution in [0.3, 0.4) is 0 Å². The van der Waals surface area contributed by atoms with Crippen molar-refractivity contribution in [1.82, 2.24) is 0 Å². The number of carbonyl (C=O) groups excluding carboxylic acids is 2. The zero-order valence-corrected chi connectivity index (χ0v) is 9.92. The second-order valence-corrected chi connectivity index (χ2v) is 4.65. The standard InChI is InChI=1S/C12H16O5/c1-12(2)16-10-7-9(15-11(10)17-12)4-3-8(14)5-6-13/h3-4,6,9-11H,5,7H2,1-2H3/b4-3+/t9-,10-,11-/m1/s1. The number of allylic oxidation sites excluding steroid dienone is 1. The summed E-state index contributed by atoms with van der Waals surface area (Å²) in [6, 6.07) is 0. The molecule has 0 N–H and O–H groups in total. The first-order valence-corrected chi connectivity index (χ1v) is 5.66.